The lowest BCUT2D eigenvalue weighted by Gasteiger charge is -2.16. The van der Waals surface area contributed by atoms with Crippen LogP contribution in [-0.2, 0) is 6.42 Å². The van der Waals surface area contributed by atoms with Crippen LogP contribution in [0.2, 0.25) is 0 Å². The van der Waals surface area contributed by atoms with Crippen LogP contribution in [0.5, 0.6) is 0 Å². The van der Waals surface area contributed by atoms with Gasteiger partial charge in [-0.1, -0.05) is 0 Å². The molecule has 11 heavy (non-hydrogen) atoms. The number of aromatic nitrogens is 1. The first-order valence-corrected chi connectivity index (χ1v) is 3.85. The van der Waals surface area contributed by atoms with Gasteiger partial charge in [-0.05, 0) is 25.0 Å². The Kier molecular flexibility index (Phi) is 1.42. The number of hydrogen-bond donors (Lipinski definition) is 2. The number of rotatable bonds is 0. The quantitative estimate of drug-likeness (QED) is 0.579. The van der Waals surface area contributed by atoms with E-state index in [2.05, 4.69) is 10.3 Å². The maximum absolute atomic E-state index is 5.54. The molecule has 1 aliphatic rings. The van der Waals surface area contributed by atoms with E-state index in [0.29, 0.717) is 5.82 Å². The first kappa shape index (κ1) is 6.46. The molecule has 1 aliphatic heterocycles. The average molecular weight is 149 g/mol. The van der Waals surface area contributed by atoms with E-state index in [-0.39, 0.29) is 0 Å². The Morgan fingerprint density at radius 1 is 1.45 bits per heavy atom. The number of aryl methyl sites for hydroxylation is 1. The van der Waals surface area contributed by atoms with Gasteiger partial charge in [0.25, 0.3) is 0 Å². The summed E-state index contributed by atoms with van der Waals surface area (Å²) in [4.78, 5) is 4.23. The van der Waals surface area contributed by atoms with E-state index in [4.69, 9.17) is 5.73 Å². The first-order chi connectivity index (χ1) is 5.36. The fourth-order valence-electron chi connectivity index (χ4n) is 1.35. The van der Waals surface area contributed by atoms with Gasteiger partial charge in [-0.25, -0.2) is 4.98 Å². The number of nitrogens with two attached hydrogens (primary N) is 1. The highest BCUT2D eigenvalue weighted by Crippen LogP contribution is 2.20. The first-order valence-electron chi connectivity index (χ1n) is 3.85. The zero-order chi connectivity index (χ0) is 7.68. The monoisotopic (exact) mass is 149 g/mol. The molecule has 0 amide bonds. The minimum absolute atomic E-state index is 0.618. The van der Waals surface area contributed by atoms with E-state index in [1.807, 2.05) is 12.1 Å². The number of nitrogen functional groups attached to an aromatic ring is 1. The highest BCUT2D eigenvalue weighted by molar-refractivity contribution is 5.53. The van der Waals surface area contributed by atoms with Crippen LogP contribution in [0.15, 0.2) is 12.1 Å². The second-order valence-electron chi connectivity index (χ2n) is 2.76. The van der Waals surface area contributed by atoms with E-state index >= 15 is 0 Å². The van der Waals surface area contributed by atoms with Crippen LogP contribution < -0.4 is 11.1 Å². The Balaban J connectivity index is 2.43. The molecule has 3 N–H and O–H groups in total. The highest BCUT2D eigenvalue weighted by atomic mass is 14.9. The summed E-state index contributed by atoms with van der Waals surface area (Å²) in [6.07, 6.45) is 2.21. The predicted octanol–water partition coefficient (Wildman–Crippen LogP) is 1.02. The molecule has 0 unspecified atom stereocenters. The van der Waals surface area contributed by atoms with E-state index in [9.17, 15) is 0 Å². The van der Waals surface area contributed by atoms with Crippen LogP contribution in [0.3, 0.4) is 0 Å². The molecule has 0 radical (unpaired) electrons. The van der Waals surface area contributed by atoms with Gasteiger partial charge in [-0.3, -0.25) is 0 Å². The Hall–Kier alpha value is -1.25. The lowest BCUT2D eigenvalue weighted by atomic mass is 10.1. The number of nitrogens with zero attached hydrogens (tertiary/aromatic N) is 1. The molecule has 1 aromatic rings. The molecule has 0 aliphatic carbocycles. The maximum atomic E-state index is 5.54. The molecule has 1 aromatic heterocycles. The molecule has 0 saturated heterocycles. The standard InChI is InChI=1S/C8H11N3/c9-8-4-3-6-7(11-8)2-1-5-10-6/h3-4,10H,1-2,5H2,(H2,9,11). The Bertz CT molecular complexity index is 270. The van der Waals surface area contributed by atoms with Crippen molar-refractivity contribution < 1.29 is 0 Å². The van der Waals surface area contributed by atoms with Gasteiger partial charge in [-0.2, -0.15) is 0 Å². The van der Waals surface area contributed by atoms with Crippen molar-refractivity contribution in [3.8, 4) is 0 Å². The number of fused-ring (bicyclic) bond motifs is 1. The molecule has 0 fully saturated rings. The molecule has 0 saturated carbocycles. The molecule has 3 heteroatoms. The van der Waals surface area contributed by atoms with Crippen LogP contribution >= 0.6 is 0 Å². The van der Waals surface area contributed by atoms with E-state index in [0.717, 1.165) is 30.8 Å². The fourth-order valence-corrected chi connectivity index (χ4v) is 1.35. The summed E-state index contributed by atoms with van der Waals surface area (Å²) < 4.78 is 0. The number of pyridine rings is 1. The van der Waals surface area contributed by atoms with Crippen molar-refractivity contribution in [2.75, 3.05) is 17.6 Å². The summed E-state index contributed by atoms with van der Waals surface area (Å²) in [6.45, 7) is 1.05. The third kappa shape index (κ3) is 1.13. The van der Waals surface area contributed by atoms with Crippen molar-refractivity contribution in [3.05, 3.63) is 17.8 Å². The summed E-state index contributed by atoms with van der Waals surface area (Å²) in [7, 11) is 0. The molecule has 58 valence electrons. The van der Waals surface area contributed by atoms with Crippen molar-refractivity contribution in [1.29, 1.82) is 0 Å². The van der Waals surface area contributed by atoms with Crippen LogP contribution in [0.1, 0.15) is 12.1 Å². The second kappa shape index (κ2) is 2.42. The predicted molar refractivity (Wildman–Crippen MR) is 45.5 cm³/mol. The summed E-state index contributed by atoms with van der Waals surface area (Å²) in [6, 6.07) is 3.83. The fraction of sp³-hybridized carbons (Fsp3) is 0.375. The van der Waals surface area contributed by atoms with Gasteiger partial charge in [0, 0.05) is 6.54 Å². The lowest BCUT2D eigenvalue weighted by Crippen LogP contribution is -2.13. The zero-order valence-electron chi connectivity index (χ0n) is 6.30. The van der Waals surface area contributed by atoms with Crippen molar-refractivity contribution in [3.63, 3.8) is 0 Å². The highest BCUT2D eigenvalue weighted by Gasteiger charge is 2.08. The van der Waals surface area contributed by atoms with Gasteiger partial charge in [0.15, 0.2) is 0 Å². The SMILES string of the molecule is Nc1ccc2c(n1)CCCN2. The summed E-state index contributed by atoms with van der Waals surface area (Å²) >= 11 is 0. The molecule has 0 aromatic carbocycles. The minimum Gasteiger partial charge on any atom is -0.384 e. The summed E-state index contributed by atoms with van der Waals surface area (Å²) in [5.74, 6) is 0.618. The second-order valence-corrected chi connectivity index (χ2v) is 2.76. The Labute approximate surface area is 65.6 Å². The topological polar surface area (TPSA) is 50.9 Å². The Morgan fingerprint density at radius 2 is 2.36 bits per heavy atom. The molecular weight excluding hydrogens is 138 g/mol. The molecule has 0 spiro atoms. The van der Waals surface area contributed by atoms with Crippen LogP contribution in [0.25, 0.3) is 0 Å². The summed E-state index contributed by atoms with van der Waals surface area (Å²) in [5.41, 5.74) is 7.79. The van der Waals surface area contributed by atoms with Crippen molar-refractivity contribution in [1.82, 2.24) is 4.98 Å². The normalized spacial score (nSPS) is 15.3. The van der Waals surface area contributed by atoms with E-state index in [1.165, 1.54) is 0 Å². The number of anilines is 2. The van der Waals surface area contributed by atoms with Gasteiger partial charge >= 0.3 is 0 Å². The molecular formula is C8H11N3. The van der Waals surface area contributed by atoms with E-state index < -0.39 is 0 Å². The molecule has 0 bridgehead atoms. The van der Waals surface area contributed by atoms with Gasteiger partial charge in [0.1, 0.15) is 5.82 Å². The lowest BCUT2D eigenvalue weighted by molar-refractivity contribution is 0.803. The maximum Gasteiger partial charge on any atom is 0.123 e. The Morgan fingerprint density at radius 3 is 3.27 bits per heavy atom. The molecule has 3 nitrogen and oxygen atoms in total. The van der Waals surface area contributed by atoms with Gasteiger partial charge in [0.05, 0.1) is 11.4 Å². The van der Waals surface area contributed by atoms with Crippen molar-refractivity contribution >= 4 is 11.5 Å². The summed E-state index contributed by atoms with van der Waals surface area (Å²) in [5, 5.41) is 3.27. The average Bonchev–Trinajstić information content (AvgIpc) is 2.04. The van der Waals surface area contributed by atoms with Gasteiger partial charge in [0.2, 0.25) is 0 Å². The zero-order valence-corrected chi connectivity index (χ0v) is 6.30. The smallest absolute Gasteiger partial charge is 0.123 e. The van der Waals surface area contributed by atoms with Gasteiger partial charge in [-0.15, -0.1) is 0 Å². The molecule has 2 heterocycles. The molecule has 0 atom stereocenters. The van der Waals surface area contributed by atoms with Crippen LogP contribution in [0, 0.1) is 0 Å². The largest absolute Gasteiger partial charge is 0.384 e. The van der Waals surface area contributed by atoms with E-state index in [1.54, 1.807) is 0 Å². The third-order valence-electron chi connectivity index (χ3n) is 1.90. The van der Waals surface area contributed by atoms with Crippen molar-refractivity contribution in [2.45, 2.75) is 12.8 Å². The van der Waals surface area contributed by atoms with Gasteiger partial charge < -0.3 is 11.1 Å². The van der Waals surface area contributed by atoms with Crippen LogP contribution in [0.4, 0.5) is 11.5 Å². The number of hydrogen-bond acceptors (Lipinski definition) is 3. The van der Waals surface area contributed by atoms with Crippen LogP contribution in [-0.4, -0.2) is 11.5 Å². The minimum atomic E-state index is 0.618. The third-order valence-corrected chi connectivity index (χ3v) is 1.90. The molecule has 2 rings (SSSR count). The number of nitrogens with one attached hydrogen (secondary N) is 1. The van der Waals surface area contributed by atoms with Crippen molar-refractivity contribution in [2.24, 2.45) is 0 Å².